The molecule has 0 aliphatic carbocycles. The van der Waals surface area contributed by atoms with Crippen LogP contribution in [0.15, 0.2) is 30.7 Å². The first-order valence-corrected chi connectivity index (χ1v) is 5.71. The van der Waals surface area contributed by atoms with E-state index in [1.54, 1.807) is 18.5 Å². The lowest BCUT2D eigenvalue weighted by atomic mass is 10.2. The third kappa shape index (κ3) is 3.05. The Morgan fingerprint density at radius 1 is 1.41 bits per heavy atom. The number of imidazole rings is 1. The van der Waals surface area contributed by atoms with Gasteiger partial charge in [-0.15, -0.1) is 0 Å². The van der Waals surface area contributed by atoms with E-state index in [0.29, 0.717) is 13.1 Å². The van der Waals surface area contributed by atoms with Crippen molar-refractivity contribution < 1.29 is 4.39 Å². The highest BCUT2D eigenvalue weighted by atomic mass is 35.5. The van der Waals surface area contributed by atoms with Crippen molar-refractivity contribution in [1.29, 1.82) is 0 Å². The van der Waals surface area contributed by atoms with Gasteiger partial charge in [0.05, 0.1) is 17.0 Å². The van der Waals surface area contributed by atoms with Crippen molar-refractivity contribution in [3.63, 3.8) is 0 Å². The second-order valence-corrected chi connectivity index (χ2v) is 4.23. The van der Waals surface area contributed by atoms with Crippen molar-refractivity contribution in [2.24, 2.45) is 5.73 Å². The Morgan fingerprint density at radius 3 is 2.94 bits per heavy atom. The molecule has 0 atom stereocenters. The van der Waals surface area contributed by atoms with E-state index in [1.165, 1.54) is 6.07 Å². The van der Waals surface area contributed by atoms with Gasteiger partial charge in [-0.25, -0.2) is 9.37 Å². The summed E-state index contributed by atoms with van der Waals surface area (Å²) in [7, 11) is 0. The Kier molecular flexibility index (Phi) is 3.76. The van der Waals surface area contributed by atoms with Crippen molar-refractivity contribution in [1.82, 2.24) is 9.55 Å². The molecular formula is C12H13ClFN3. The smallest absolute Gasteiger partial charge is 0.142 e. The molecule has 0 bridgehead atoms. The fourth-order valence-electron chi connectivity index (χ4n) is 1.62. The molecule has 17 heavy (non-hydrogen) atoms. The first kappa shape index (κ1) is 12.1. The summed E-state index contributed by atoms with van der Waals surface area (Å²) in [5, 5.41) is 0.142. The number of halogens is 2. The number of rotatable bonds is 4. The summed E-state index contributed by atoms with van der Waals surface area (Å²) in [6, 6.07) is 4.79. The summed E-state index contributed by atoms with van der Waals surface area (Å²) in [5.74, 6) is -0.397. The summed E-state index contributed by atoms with van der Waals surface area (Å²) < 4.78 is 15.1. The maximum absolute atomic E-state index is 13.2. The molecular weight excluding hydrogens is 241 g/mol. The molecule has 1 heterocycles. The van der Waals surface area contributed by atoms with Crippen molar-refractivity contribution in [2.45, 2.75) is 13.0 Å². The molecule has 5 heteroatoms. The molecule has 0 unspecified atom stereocenters. The van der Waals surface area contributed by atoms with Crippen LogP contribution in [0.5, 0.6) is 0 Å². The second-order valence-electron chi connectivity index (χ2n) is 3.82. The molecule has 90 valence electrons. The lowest BCUT2D eigenvalue weighted by Gasteiger charge is -2.03. The van der Waals surface area contributed by atoms with E-state index in [2.05, 4.69) is 4.98 Å². The van der Waals surface area contributed by atoms with E-state index in [1.807, 2.05) is 10.8 Å². The standard InChI is InChI=1S/C12H13ClFN3/c13-11-2-1-9(5-12(11)14)6-17-7-10(3-4-15)16-8-17/h1-2,5,7-8H,3-4,6,15H2. The van der Waals surface area contributed by atoms with Gasteiger partial charge in [-0.2, -0.15) is 0 Å². The fourth-order valence-corrected chi connectivity index (χ4v) is 1.74. The largest absolute Gasteiger partial charge is 0.333 e. The number of benzene rings is 1. The molecule has 0 fully saturated rings. The molecule has 0 radical (unpaired) electrons. The second kappa shape index (κ2) is 5.29. The summed E-state index contributed by atoms with van der Waals surface area (Å²) in [5.41, 5.74) is 7.24. The van der Waals surface area contributed by atoms with Crippen molar-refractivity contribution in [2.75, 3.05) is 6.54 Å². The predicted octanol–water partition coefficient (Wildman–Crippen LogP) is 2.23. The van der Waals surface area contributed by atoms with Crippen LogP contribution in [0.2, 0.25) is 5.02 Å². The number of aromatic nitrogens is 2. The third-order valence-corrected chi connectivity index (χ3v) is 2.74. The molecule has 0 spiro atoms. The zero-order valence-electron chi connectivity index (χ0n) is 9.24. The zero-order valence-corrected chi connectivity index (χ0v) is 9.99. The highest BCUT2D eigenvalue weighted by Crippen LogP contribution is 2.16. The Bertz CT molecular complexity index is 510. The van der Waals surface area contributed by atoms with Gasteiger partial charge in [0.25, 0.3) is 0 Å². The van der Waals surface area contributed by atoms with Gasteiger partial charge in [0.1, 0.15) is 5.82 Å². The van der Waals surface area contributed by atoms with Crippen LogP contribution in [-0.2, 0) is 13.0 Å². The normalized spacial score (nSPS) is 10.8. The highest BCUT2D eigenvalue weighted by molar-refractivity contribution is 6.30. The minimum Gasteiger partial charge on any atom is -0.333 e. The molecule has 1 aromatic heterocycles. The first-order valence-electron chi connectivity index (χ1n) is 5.33. The number of hydrogen-bond acceptors (Lipinski definition) is 2. The number of nitrogens with zero attached hydrogens (tertiary/aromatic N) is 2. The van der Waals surface area contributed by atoms with E-state index in [9.17, 15) is 4.39 Å². The van der Waals surface area contributed by atoms with Crippen LogP contribution in [-0.4, -0.2) is 16.1 Å². The van der Waals surface area contributed by atoms with Crippen molar-refractivity contribution in [3.05, 3.63) is 52.8 Å². The van der Waals surface area contributed by atoms with Gasteiger partial charge in [-0.1, -0.05) is 17.7 Å². The molecule has 0 amide bonds. The van der Waals surface area contributed by atoms with E-state index < -0.39 is 5.82 Å². The molecule has 1 aromatic carbocycles. The maximum atomic E-state index is 13.2. The fraction of sp³-hybridized carbons (Fsp3) is 0.250. The molecule has 0 saturated heterocycles. The number of nitrogens with two attached hydrogens (primary N) is 1. The molecule has 3 nitrogen and oxygen atoms in total. The van der Waals surface area contributed by atoms with Gasteiger partial charge in [0.2, 0.25) is 0 Å². The predicted molar refractivity (Wildman–Crippen MR) is 65.5 cm³/mol. The van der Waals surface area contributed by atoms with E-state index in [4.69, 9.17) is 17.3 Å². The average Bonchev–Trinajstić information content (AvgIpc) is 2.72. The van der Waals surface area contributed by atoms with E-state index >= 15 is 0 Å². The van der Waals surface area contributed by atoms with Gasteiger partial charge < -0.3 is 10.3 Å². The topological polar surface area (TPSA) is 43.8 Å². The van der Waals surface area contributed by atoms with Crippen LogP contribution < -0.4 is 5.73 Å². The minimum absolute atomic E-state index is 0.142. The van der Waals surface area contributed by atoms with Gasteiger partial charge in [0.15, 0.2) is 0 Å². The van der Waals surface area contributed by atoms with Gasteiger partial charge in [-0.05, 0) is 24.2 Å². The molecule has 2 rings (SSSR count). The van der Waals surface area contributed by atoms with Crippen LogP contribution in [0.25, 0.3) is 0 Å². The molecule has 2 N–H and O–H groups in total. The SMILES string of the molecule is NCCc1cn(Cc2ccc(Cl)c(F)c2)cn1. The monoisotopic (exact) mass is 253 g/mol. The van der Waals surface area contributed by atoms with Crippen LogP contribution >= 0.6 is 11.6 Å². The quantitative estimate of drug-likeness (QED) is 0.908. The molecule has 0 aliphatic rings. The summed E-state index contributed by atoms with van der Waals surface area (Å²) >= 11 is 5.62. The third-order valence-electron chi connectivity index (χ3n) is 2.44. The lowest BCUT2D eigenvalue weighted by Crippen LogP contribution is -2.02. The summed E-state index contributed by atoms with van der Waals surface area (Å²) in [6.07, 6.45) is 4.39. The Labute approximate surface area is 104 Å². The molecule has 0 aliphatic heterocycles. The Morgan fingerprint density at radius 2 is 2.24 bits per heavy atom. The van der Waals surface area contributed by atoms with E-state index in [0.717, 1.165) is 17.7 Å². The Balaban J connectivity index is 2.11. The molecule has 2 aromatic rings. The van der Waals surface area contributed by atoms with Crippen molar-refractivity contribution in [3.8, 4) is 0 Å². The van der Waals surface area contributed by atoms with Gasteiger partial charge in [0, 0.05) is 19.2 Å². The van der Waals surface area contributed by atoms with Crippen LogP contribution in [0.3, 0.4) is 0 Å². The van der Waals surface area contributed by atoms with Gasteiger partial charge in [-0.3, -0.25) is 0 Å². The highest BCUT2D eigenvalue weighted by Gasteiger charge is 2.03. The van der Waals surface area contributed by atoms with Crippen LogP contribution in [0, 0.1) is 5.82 Å². The van der Waals surface area contributed by atoms with Crippen LogP contribution in [0.4, 0.5) is 4.39 Å². The average molecular weight is 254 g/mol. The van der Waals surface area contributed by atoms with E-state index in [-0.39, 0.29) is 5.02 Å². The summed E-state index contributed by atoms with van der Waals surface area (Å²) in [4.78, 5) is 4.21. The van der Waals surface area contributed by atoms with Crippen molar-refractivity contribution >= 4 is 11.6 Å². The maximum Gasteiger partial charge on any atom is 0.142 e. The molecule has 0 saturated carbocycles. The Hall–Kier alpha value is -1.39. The first-order chi connectivity index (χ1) is 8.19. The minimum atomic E-state index is -0.397. The number of hydrogen-bond donors (Lipinski definition) is 1. The lowest BCUT2D eigenvalue weighted by molar-refractivity contribution is 0.624. The van der Waals surface area contributed by atoms with Crippen LogP contribution in [0.1, 0.15) is 11.3 Å². The summed E-state index contributed by atoms with van der Waals surface area (Å²) in [6.45, 7) is 1.15. The van der Waals surface area contributed by atoms with Gasteiger partial charge >= 0.3 is 0 Å². The zero-order chi connectivity index (χ0) is 12.3.